The lowest BCUT2D eigenvalue weighted by molar-refractivity contribution is -0.131. The molecular weight excluding hydrogens is 275 g/mol. The van der Waals surface area contributed by atoms with Crippen molar-refractivity contribution in [3.05, 3.63) is 40.6 Å². The fourth-order valence-electron chi connectivity index (χ4n) is 1.48. The second-order valence-corrected chi connectivity index (χ2v) is 4.22. The van der Waals surface area contributed by atoms with E-state index in [0.717, 1.165) is 10.8 Å². The van der Waals surface area contributed by atoms with E-state index in [1.54, 1.807) is 18.2 Å². The summed E-state index contributed by atoms with van der Waals surface area (Å²) in [6, 6.07) is 7.77. The number of halogens is 2. The van der Waals surface area contributed by atoms with Gasteiger partial charge in [-0.2, -0.15) is 0 Å². The minimum Gasteiger partial charge on any atom is -0.427 e. The minimum atomic E-state index is -0.381. The van der Waals surface area contributed by atoms with Crippen molar-refractivity contribution in [3.63, 3.8) is 0 Å². The molecule has 0 aliphatic rings. The number of benzene rings is 2. The fourth-order valence-corrected chi connectivity index (χ4v) is 2.05. The maximum atomic E-state index is 13.0. The molecule has 82 valence electrons. The van der Waals surface area contributed by atoms with Gasteiger partial charge in [0.15, 0.2) is 0 Å². The summed E-state index contributed by atoms with van der Waals surface area (Å²) in [4.78, 5) is 10.8. The zero-order valence-electron chi connectivity index (χ0n) is 8.46. The maximum absolute atomic E-state index is 13.0. The van der Waals surface area contributed by atoms with E-state index < -0.39 is 0 Å². The molecule has 0 radical (unpaired) electrons. The van der Waals surface area contributed by atoms with E-state index in [1.165, 1.54) is 19.1 Å². The Labute approximate surface area is 100 Å². The third-order valence-electron chi connectivity index (χ3n) is 2.10. The van der Waals surface area contributed by atoms with Gasteiger partial charge in [-0.25, -0.2) is 4.39 Å². The first-order valence-corrected chi connectivity index (χ1v) is 5.43. The largest absolute Gasteiger partial charge is 0.427 e. The topological polar surface area (TPSA) is 26.3 Å². The number of rotatable bonds is 1. The normalized spacial score (nSPS) is 10.4. The van der Waals surface area contributed by atoms with Crippen LogP contribution in [0.5, 0.6) is 5.75 Å². The summed E-state index contributed by atoms with van der Waals surface area (Å²) in [6.45, 7) is 1.34. The van der Waals surface area contributed by atoms with Crippen LogP contribution in [0, 0.1) is 5.82 Å². The molecule has 4 heteroatoms. The second-order valence-electron chi connectivity index (χ2n) is 3.36. The first kappa shape index (κ1) is 11.1. The Hall–Kier alpha value is -1.42. The Bertz CT molecular complexity index is 566. The number of carbonyl (C=O) groups excluding carboxylic acids is 1. The van der Waals surface area contributed by atoms with Crippen LogP contribution in [-0.4, -0.2) is 5.97 Å². The summed E-state index contributed by atoms with van der Waals surface area (Å²) in [5, 5.41) is 1.56. The summed E-state index contributed by atoms with van der Waals surface area (Å²) in [6.07, 6.45) is 0. The Morgan fingerprint density at radius 2 is 2.06 bits per heavy atom. The van der Waals surface area contributed by atoms with Crippen LogP contribution >= 0.6 is 15.9 Å². The standard InChI is InChI=1S/C12H8BrFO2/c1-7(15)16-10-4-8-2-3-9(14)5-11(8)12(13)6-10/h2-6H,1H3. The Kier molecular flexibility index (Phi) is 2.92. The molecule has 0 unspecified atom stereocenters. The molecule has 0 N–H and O–H groups in total. The van der Waals surface area contributed by atoms with E-state index in [0.29, 0.717) is 10.2 Å². The van der Waals surface area contributed by atoms with Crippen molar-refractivity contribution in [1.29, 1.82) is 0 Å². The van der Waals surface area contributed by atoms with Crippen molar-refractivity contribution in [3.8, 4) is 5.75 Å². The molecule has 0 atom stereocenters. The van der Waals surface area contributed by atoms with E-state index >= 15 is 0 Å². The highest BCUT2D eigenvalue weighted by Crippen LogP contribution is 2.30. The van der Waals surface area contributed by atoms with Gasteiger partial charge in [0.25, 0.3) is 0 Å². The quantitative estimate of drug-likeness (QED) is 0.589. The molecule has 2 aromatic rings. The molecule has 0 aliphatic heterocycles. The molecule has 0 fully saturated rings. The van der Waals surface area contributed by atoms with Crippen LogP contribution in [0.2, 0.25) is 0 Å². The molecule has 2 nitrogen and oxygen atoms in total. The highest BCUT2D eigenvalue weighted by molar-refractivity contribution is 9.10. The molecule has 2 rings (SSSR count). The number of hydrogen-bond acceptors (Lipinski definition) is 2. The number of carbonyl (C=O) groups is 1. The van der Waals surface area contributed by atoms with Gasteiger partial charge in [-0.05, 0) is 35.0 Å². The van der Waals surface area contributed by atoms with E-state index in [4.69, 9.17) is 4.74 Å². The lowest BCUT2D eigenvalue weighted by Crippen LogP contribution is -2.01. The van der Waals surface area contributed by atoms with Gasteiger partial charge in [-0.3, -0.25) is 4.79 Å². The molecule has 0 spiro atoms. The number of ether oxygens (including phenoxy) is 1. The lowest BCUT2D eigenvalue weighted by atomic mass is 10.1. The van der Waals surface area contributed by atoms with Gasteiger partial charge in [-0.1, -0.05) is 22.0 Å². The zero-order valence-corrected chi connectivity index (χ0v) is 10.0. The van der Waals surface area contributed by atoms with Crippen molar-refractivity contribution in [2.45, 2.75) is 6.92 Å². The van der Waals surface area contributed by atoms with Crippen LogP contribution in [0.4, 0.5) is 4.39 Å². The fraction of sp³-hybridized carbons (Fsp3) is 0.0833. The molecule has 0 bridgehead atoms. The number of hydrogen-bond donors (Lipinski definition) is 0. The first-order valence-electron chi connectivity index (χ1n) is 4.63. The Morgan fingerprint density at radius 3 is 2.75 bits per heavy atom. The highest BCUT2D eigenvalue weighted by atomic mass is 79.9. The first-order chi connectivity index (χ1) is 7.56. The smallest absolute Gasteiger partial charge is 0.308 e. The molecule has 16 heavy (non-hydrogen) atoms. The number of fused-ring (bicyclic) bond motifs is 1. The average molecular weight is 283 g/mol. The zero-order chi connectivity index (χ0) is 11.7. The van der Waals surface area contributed by atoms with Gasteiger partial charge in [0.05, 0.1) is 0 Å². The molecule has 0 aromatic heterocycles. The minimum absolute atomic E-state index is 0.298. The Morgan fingerprint density at radius 1 is 1.31 bits per heavy atom. The van der Waals surface area contributed by atoms with Crippen LogP contribution in [0.1, 0.15) is 6.92 Å². The van der Waals surface area contributed by atoms with Gasteiger partial charge in [0, 0.05) is 11.4 Å². The van der Waals surface area contributed by atoms with E-state index in [1.807, 2.05) is 0 Å². The molecule has 2 aromatic carbocycles. The van der Waals surface area contributed by atoms with Gasteiger partial charge >= 0.3 is 5.97 Å². The molecule has 0 saturated heterocycles. The second kappa shape index (κ2) is 4.22. The molecule has 0 heterocycles. The third-order valence-corrected chi connectivity index (χ3v) is 2.76. The van der Waals surface area contributed by atoms with Crippen LogP contribution in [0.25, 0.3) is 10.8 Å². The van der Waals surface area contributed by atoms with Crippen LogP contribution in [0.15, 0.2) is 34.8 Å². The van der Waals surface area contributed by atoms with Gasteiger partial charge in [0.2, 0.25) is 0 Å². The predicted octanol–water partition coefficient (Wildman–Crippen LogP) is 3.67. The van der Waals surface area contributed by atoms with Crippen molar-refractivity contribution < 1.29 is 13.9 Å². The van der Waals surface area contributed by atoms with Crippen LogP contribution < -0.4 is 4.74 Å². The van der Waals surface area contributed by atoms with E-state index in [2.05, 4.69) is 15.9 Å². The average Bonchev–Trinajstić information content (AvgIpc) is 2.18. The summed E-state index contributed by atoms with van der Waals surface area (Å²) in [7, 11) is 0. The maximum Gasteiger partial charge on any atom is 0.308 e. The molecular formula is C12H8BrFO2. The number of esters is 1. The van der Waals surface area contributed by atoms with Crippen molar-refractivity contribution in [1.82, 2.24) is 0 Å². The molecule has 0 amide bonds. The monoisotopic (exact) mass is 282 g/mol. The van der Waals surface area contributed by atoms with Crippen molar-refractivity contribution >= 4 is 32.7 Å². The summed E-state index contributed by atoms with van der Waals surface area (Å²) in [5.74, 6) is -0.236. The lowest BCUT2D eigenvalue weighted by Gasteiger charge is -2.05. The van der Waals surface area contributed by atoms with Crippen molar-refractivity contribution in [2.75, 3.05) is 0 Å². The molecule has 0 aliphatic carbocycles. The van der Waals surface area contributed by atoms with Crippen LogP contribution in [-0.2, 0) is 4.79 Å². The van der Waals surface area contributed by atoms with Gasteiger partial charge in [0.1, 0.15) is 11.6 Å². The SMILES string of the molecule is CC(=O)Oc1cc(Br)c2cc(F)ccc2c1. The van der Waals surface area contributed by atoms with E-state index in [9.17, 15) is 9.18 Å². The molecule has 0 saturated carbocycles. The van der Waals surface area contributed by atoms with E-state index in [-0.39, 0.29) is 11.8 Å². The third kappa shape index (κ3) is 2.22. The Balaban J connectivity index is 2.59. The van der Waals surface area contributed by atoms with Crippen LogP contribution in [0.3, 0.4) is 0 Å². The summed E-state index contributed by atoms with van der Waals surface area (Å²) >= 11 is 3.31. The van der Waals surface area contributed by atoms with Gasteiger partial charge in [-0.15, -0.1) is 0 Å². The predicted molar refractivity (Wildman–Crippen MR) is 62.9 cm³/mol. The summed E-state index contributed by atoms with van der Waals surface area (Å²) < 4.78 is 18.7. The highest BCUT2D eigenvalue weighted by Gasteiger charge is 2.05. The summed E-state index contributed by atoms with van der Waals surface area (Å²) in [5.41, 5.74) is 0. The van der Waals surface area contributed by atoms with Gasteiger partial charge < -0.3 is 4.74 Å². The van der Waals surface area contributed by atoms with Crippen molar-refractivity contribution in [2.24, 2.45) is 0 Å².